The molecular formula is C20H20F2N2O3. The summed E-state index contributed by atoms with van der Waals surface area (Å²) in [5, 5.41) is 0. The van der Waals surface area contributed by atoms with Crippen LogP contribution in [-0.2, 0) is 16.0 Å². The second kappa shape index (κ2) is 8.16. The Bertz CT molecular complexity index is 940. The summed E-state index contributed by atoms with van der Waals surface area (Å²) < 4.78 is 38.6. The second-order valence-electron chi connectivity index (χ2n) is 5.99. The molecule has 0 N–H and O–H groups in total. The zero-order valence-electron chi connectivity index (χ0n) is 15.1. The van der Waals surface area contributed by atoms with Crippen molar-refractivity contribution in [2.24, 2.45) is 0 Å². The molecule has 0 aliphatic rings. The van der Waals surface area contributed by atoms with E-state index in [9.17, 15) is 13.6 Å². The van der Waals surface area contributed by atoms with Crippen molar-refractivity contribution in [2.45, 2.75) is 32.9 Å². The number of hydrogen-bond donors (Lipinski definition) is 0. The van der Waals surface area contributed by atoms with E-state index in [1.807, 2.05) is 25.1 Å². The molecule has 27 heavy (non-hydrogen) atoms. The van der Waals surface area contributed by atoms with Gasteiger partial charge >= 0.3 is 12.5 Å². The van der Waals surface area contributed by atoms with E-state index in [0.717, 1.165) is 16.6 Å². The summed E-state index contributed by atoms with van der Waals surface area (Å²) in [6.07, 6.45) is -0.177. The van der Waals surface area contributed by atoms with Crippen LogP contribution in [0, 0.1) is 0 Å². The molecule has 0 amide bonds. The maximum absolute atomic E-state index is 13.5. The minimum atomic E-state index is -2.79. The van der Waals surface area contributed by atoms with Crippen molar-refractivity contribution in [1.29, 1.82) is 0 Å². The van der Waals surface area contributed by atoms with E-state index in [0.29, 0.717) is 16.8 Å². The zero-order valence-corrected chi connectivity index (χ0v) is 15.1. The predicted molar refractivity (Wildman–Crippen MR) is 96.8 cm³/mol. The molecule has 3 aromatic rings. The maximum atomic E-state index is 13.5. The van der Waals surface area contributed by atoms with Crippen LogP contribution in [0.4, 0.5) is 8.78 Å². The predicted octanol–water partition coefficient (Wildman–Crippen LogP) is 4.68. The van der Waals surface area contributed by atoms with Crippen molar-refractivity contribution in [1.82, 2.24) is 9.55 Å². The lowest BCUT2D eigenvalue weighted by Gasteiger charge is -2.16. The molecule has 0 bridgehead atoms. The summed E-state index contributed by atoms with van der Waals surface area (Å²) in [6, 6.07) is 13.9. The number of ether oxygens (including phenoxy) is 2. The lowest BCUT2D eigenvalue weighted by Crippen LogP contribution is -2.19. The van der Waals surface area contributed by atoms with Crippen LogP contribution in [0.15, 0.2) is 48.5 Å². The Labute approximate surface area is 155 Å². The minimum absolute atomic E-state index is 0.00601. The van der Waals surface area contributed by atoms with Crippen LogP contribution < -0.4 is 4.74 Å². The zero-order chi connectivity index (χ0) is 19.4. The summed E-state index contributed by atoms with van der Waals surface area (Å²) in [6.45, 7) is 0.396. The van der Waals surface area contributed by atoms with Gasteiger partial charge in [-0.3, -0.25) is 4.57 Å². The standard InChI is InChI=1S/C20H20F2N2O3/c1-3-14-8-4-7-11-17(14)26-12-18(25)27-13(2)19-23-15-9-5-6-10-16(15)24(19)20(21)22/h4-11,13,20H,3,12H2,1-2H3. The van der Waals surface area contributed by atoms with Gasteiger partial charge < -0.3 is 9.47 Å². The van der Waals surface area contributed by atoms with E-state index in [1.165, 1.54) is 6.92 Å². The highest BCUT2D eigenvalue weighted by atomic mass is 19.3. The Hall–Kier alpha value is -2.96. The number of halogens is 2. The average molecular weight is 374 g/mol. The number of rotatable bonds is 7. The minimum Gasteiger partial charge on any atom is -0.482 e. The Balaban J connectivity index is 1.71. The molecule has 5 nitrogen and oxygen atoms in total. The van der Waals surface area contributed by atoms with Gasteiger partial charge in [-0.25, -0.2) is 9.78 Å². The van der Waals surface area contributed by atoms with Gasteiger partial charge in [0.25, 0.3) is 0 Å². The maximum Gasteiger partial charge on any atom is 0.344 e. The first-order chi connectivity index (χ1) is 13.0. The highest BCUT2D eigenvalue weighted by molar-refractivity contribution is 5.76. The van der Waals surface area contributed by atoms with Crippen molar-refractivity contribution in [3.63, 3.8) is 0 Å². The fourth-order valence-electron chi connectivity index (χ4n) is 2.91. The Morgan fingerprint density at radius 3 is 2.59 bits per heavy atom. The van der Waals surface area contributed by atoms with Crippen molar-refractivity contribution < 1.29 is 23.0 Å². The number of benzene rings is 2. The average Bonchev–Trinajstić information content (AvgIpc) is 3.06. The van der Waals surface area contributed by atoms with Gasteiger partial charge in [-0.15, -0.1) is 0 Å². The summed E-state index contributed by atoms with van der Waals surface area (Å²) in [4.78, 5) is 16.3. The SMILES string of the molecule is CCc1ccccc1OCC(=O)OC(C)c1nc2ccccc2n1C(F)F. The molecule has 0 saturated heterocycles. The van der Waals surface area contributed by atoms with Crippen LogP contribution in [0.1, 0.15) is 37.9 Å². The third-order valence-electron chi connectivity index (χ3n) is 4.19. The van der Waals surface area contributed by atoms with Gasteiger partial charge in [-0.05, 0) is 37.1 Å². The molecule has 1 aromatic heterocycles. The van der Waals surface area contributed by atoms with Gasteiger partial charge in [0.2, 0.25) is 0 Å². The monoisotopic (exact) mass is 374 g/mol. The third kappa shape index (κ3) is 4.07. The molecule has 1 unspecified atom stereocenters. The number of aromatic nitrogens is 2. The van der Waals surface area contributed by atoms with Crippen molar-refractivity contribution in [3.8, 4) is 5.75 Å². The van der Waals surface area contributed by atoms with Crippen LogP contribution >= 0.6 is 0 Å². The van der Waals surface area contributed by atoms with Crippen molar-refractivity contribution >= 4 is 17.0 Å². The molecule has 0 fully saturated rings. The van der Waals surface area contributed by atoms with E-state index >= 15 is 0 Å². The number of alkyl halides is 2. The first kappa shape index (κ1) is 18.8. The molecule has 3 rings (SSSR count). The summed E-state index contributed by atoms with van der Waals surface area (Å²) in [5.74, 6) is -0.0563. The molecule has 0 aliphatic carbocycles. The van der Waals surface area contributed by atoms with E-state index in [1.54, 1.807) is 30.3 Å². The van der Waals surface area contributed by atoms with Gasteiger partial charge in [0, 0.05) is 0 Å². The van der Waals surface area contributed by atoms with Crippen molar-refractivity contribution in [2.75, 3.05) is 6.61 Å². The molecule has 0 saturated carbocycles. The summed E-state index contributed by atoms with van der Waals surface area (Å²) in [7, 11) is 0. The van der Waals surface area contributed by atoms with Crippen LogP contribution in [0.5, 0.6) is 5.75 Å². The lowest BCUT2D eigenvalue weighted by atomic mass is 10.1. The summed E-state index contributed by atoms with van der Waals surface area (Å²) in [5.41, 5.74) is 1.68. The fraction of sp³-hybridized carbons (Fsp3) is 0.300. The number of carbonyl (C=O) groups excluding carboxylic acids is 1. The van der Waals surface area contributed by atoms with Crippen molar-refractivity contribution in [3.05, 3.63) is 59.9 Å². The van der Waals surface area contributed by atoms with E-state index in [-0.39, 0.29) is 12.4 Å². The topological polar surface area (TPSA) is 53.4 Å². The number of imidazole rings is 1. The second-order valence-corrected chi connectivity index (χ2v) is 5.99. The normalized spacial score (nSPS) is 12.3. The van der Waals surface area contributed by atoms with E-state index in [2.05, 4.69) is 4.98 Å². The Morgan fingerprint density at radius 1 is 1.15 bits per heavy atom. The van der Waals surface area contributed by atoms with Gasteiger partial charge in [0.1, 0.15) is 5.75 Å². The fourth-order valence-corrected chi connectivity index (χ4v) is 2.91. The smallest absolute Gasteiger partial charge is 0.344 e. The van der Waals surface area contributed by atoms with Crippen LogP contribution in [0.3, 0.4) is 0 Å². The number of hydrogen-bond acceptors (Lipinski definition) is 4. The number of aryl methyl sites for hydroxylation is 1. The Kier molecular flexibility index (Phi) is 5.69. The largest absolute Gasteiger partial charge is 0.482 e. The van der Waals surface area contributed by atoms with E-state index < -0.39 is 18.6 Å². The number of carbonyl (C=O) groups is 1. The molecule has 0 spiro atoms. The number of fused-ring (bicyclic) bond motifs is 1. The first-order valence-electron chi connectivity index (χ1n) is 8.66. The third-order valence-corrected chi connectivity index (χ3v) is 4.19. The molecule has 0 aliphatic heterocycles. The van der Waals surface area contributed by atoms with Gasteiger partial charge in [0.15, 0.2) is 18.5 Å². The molecule has 0 radical (unpaired) electrons. The quantitative estimate of drug-likeness (QED) is 0.564. The van der Waals surface area contributed by atoms with Gasteiger partial charge in [0.05, 0.1) is 11.0 Å². The van der Waals surface area contributed by atoms with Gasteiger partial charge in [-0.2, -0.15) is 8.78 Å². The molecule has 1 atom stereocenters. The molecule has 1 heterocycles. The van der Waals surface area contributed by atoms with Crippen LogP contribution in [0.2, 0.25) is 0 Å². The number of para-hydroxylation sites is 3. The van der Waals surface area contributed by atoms with Crippen LogP contribution in [-0.4, -0.2) is 22.1 Å². The Morgan fingerprint density at radius 2 is 1.85 bits per heavy atom. The molecule has 7 heteroatoms. The van der Waals surface area contributed by atoms with Crippen LogP contribution in [0.25, 0.3) is 11.0 Å². The highest BCUT2D eigenvalue weighted by Gasteiger charge is 2.24. The van der Waals surface area contributed by atoms with E-state index in [4.69, 9.17) is 9.47 Å². The highest BCUT2D eigenvalue weighted by Crippen LogP contribution is 2.28. The summed E-state index contributed by atoms with van der Waals surface area (Å²) >= 11 is 0. The number of nitrogens with zero attached hydrogens (tertiary/aromatic N) is 2. The lowest BCUT2D eigenvalue weighted by molar-refractivity contribution is -0.151. The molecule has 142 valence electrons. The molecule has 2 aromatic carbocycles. The first-order valence-corrected chi connectivity index (χ1v) is 8.66. The molecular weight excluding hydrogens is 354 g/mol. The van der Waals surface area contributed by atoms with Gasteiger partial charge in [-0.1, -0.05) is 37.3 Å². The number of esters is 1.